The van der Waals surface area contributed by atoms with Gasteiger partial charge in [-0.3, -0.25) is 4.79 Å². The first-order valence-electron chi connectivity index (χ1n) is 11.7. The third kappa shape index (κ3) is 6.79. The lowest BCUT2D eigenvalue weighted by Crippen LogP contribution is -2.34. The lowest BCUT2D eigenvalue weighted by Gasteiger charge is -2.31. The molecule has 0 fully saturated rings. The molecule has 1 heterocycles. The van der Waals surface area contributed by atoms with Gasteiger partial charge in [0.15, 0.2) is 0 Å². The Morgan fingerprint density at radius 2 is 1.71 bits per heavy atom. The number of aliphatic hydroxyl groups is 1. The molecule has 35 heavy (non-hydrogen) atoms. The van der Waals surface area contributed by atoms with Crippen LogP contribution in [-0.4, -0.2) is 37.9 Å². The summed E-state index contributed by atoms with van der Waals surface area (Å²) in [5.41, 5.74) is 1.39. The van der Waals surface area contributed by atoms with Crippen LogP contribution in [0.4, 0.5) is 9.18 Å². The summed E-state index contributed by atoms with van der Waals surface area (Å²) in [6.07, 6.45) is 1.18. The van der Waals surface area contributed by atoms with Gasteiger partial charge >= 0.3 is 6.09 Å². The highest BCUT2D eigenvalue weighted by Crippen LogP contribution is 2.31. The van der Waals surface area contributed by atoms with Crippen molar-refractivity contribution in [3.05, 3.63) is 94.2 Å². The highest BCUT2D eigenvalue weighted by molar-refractivity contribution is 5.66. The summed E-state index contributed by atoms with van der Waals surface area (Å²) in [6, 6.07) is 17.6. The van der Waals surface area contributed by atoms with Gasteiger partial charge in [0.25, 0.3) is 5.56 Å². The number of pyridine rings is 1. The third-order valence-electron chi connectivity index (χ3n) is 6.33. The lowest BCUT2D eigenvalue weighted by atomic mass is 9.85. The molecule has 0 saturated carbocycles. The largest absolute Gasteiger partial charge is 0.465 e. The maximum absolute atomic E-state index is 14.4. The van der Waals surface area contributed by atoms with Crippen LogP contribution < -0.4 is 5.56 Å². The second kappa shape index (κ2) is 10.9. The molecule has 7 heteroatoms. The fraction of sp³-hybridized carbons (Fsp3) is 0.357. The molecular weight excluding hydrogens is 447 g/mol. The SMILES string of the molecule is C[C@@H](c1ccc(-c2cc(=O)n(C)cc2F)cc1)N(CC[C@H](CC(C)(C)O)c1ccccc1)C(=O)O. The van der Waals surface area contributed by atoms with Crippen molar-refractivity contribution < 1.29 is 19.4 Å². The van der Waals surface area contributed by atoms with Crippen molar-refractivity contribution in [2.75, 3.05) is 6.54 Å². The van der Waals surface area contributed by atoms with E-state index < -0.39 is 23.6 Å². The average molecular weight is 481 g/mol. The van der Waals surface area contributed by atoms with Crippen molar-refractivity contribution in [3.8, 4) is 11.1 Å². The molecule has 1 amide bonds. The number of amides is 1. The normalized spacial score (nSPS) is 13.3. The molecule has 0 saturated heterocycles. The second-order valence-corrected chi connectivity index (χ2v) is 9.67. The maximum Gasteiger partial charge on any atom is 0.407 e. The number of aryl methyl sites for hydroxylation is 1. The molecule has 2 atom stereocenters. The minimum absolute atomic E-state index is 0.00343. The Morgan fingerprint density at radius 3 is 2.29 bits per heavy atom. The predicted molar refractivity (Wildman–Crippen MR) is 135 cm³/mol. The van der Waals surface area contributed by atoms with Crippen molar-refractivity contribution in [1.29, 1.82) is 0 Å². The Kier molecular flexibility index (Phi) is 8.12. The molecule has 0 aliphatic carbocycles. The Morgan fingerprint density at radius 1 is 1.09 bits per heavy atom. The van der Waals surface area contributed by atoms with Crippen LogP contribution >= 0.6 is 0 Å². The molecule has 2 aromatic carbocycles. The van der Waals surface area contributed by atoms with E-state index >= 15 is 0 Å². The van der Waals surface area contributed by atoms with Gasteiger partial charge in [-0.1, -0.05) is 54.6 Å². The first kappa shape index (κ1) is 26.2. The Bertz CT molecular complexity index is 1200. The van der Waals surface area contributed by atoms with E-state index in [4.69, 9.17) is 0 Å². The lowest BCUT2D eigenvalue weighted by molar-refractivity contribution is 0.0598. The summed E-state index contributed by atoms with van der Waals surface area (Å²) < 4.78 is 15.6. The van der Waals surface area contributed by atoms with Gasteiger partial charge in [0.05, 0.1) is 11.6 Å². The van der Waals surface area contributed by atoms with Crippen molar-refractivity contribution in [2.45, 2.75) is 51.2 Å². The predicted octanol–water partition coefficient (Wildman–Crippen LogP) is 5.57. The number of carbonyl (C=O) groups is 1. The topological polar surface area (TPSA) is 82.8 Å². The van der Waals surface area contributed by atoms with E-state index in [1.807, 2.05) is 37.3 Å². The zero-order valence-electron chi connectivity index (χ0n) is 20.6. The van der Waals surface area contributed by atoms with Gasteiger partial charge in [0.2, 0.25) is 0 Å². The molecule has 3 rings (SSSR count). The minimum Gasteiger partial charge on any atom is -0.465 e. The van der Waals surface area contributed by atoms with Crippen LogP contribution in [0.5, 0.6) is 0 Å². The zero-order chi connectivity index (χ0) is 25.8. The first-order valence-corrected chi connectivity index (χ1v) is 11.7. The van der Waals surface area contributed by atoms with E-state index in [1.54, 1.807) is 38.1 Å². The summed E-state index contributed by atoms with van der Waals surface area (Å²) in [7, 11) is 1.49. The fourth-order valence-corrected chi connectivity index (χ4v) is 4.40. The number of benzene rings is 2. The number of halogens is 1. The number of carboxylic acid groups (broad SMARTS) is 1. The van der Waals surface area contributed by atoms with Crippen LogP contribution in [0.25, 0.3) is 11.1 Å². The Hall–Kier alpha value is -3.45. The number of rotatable bonds is 9. The first-order chi connectivity index (χ1) is 16.5. The number of hydrogen-bond donors (Lipinski definition) is 2. The van der Waals surface area contributed by atoms with Crippen molar-refractivity contribution in [2.24, 2.45) is 7.05 Å². The monoisotopic (exact) mass is 480 g/mol. The van der Waals surface area contributed by atoms with Gasteiger partial charge in [-0.25, -0.2) is 9.18 Å². The highest BCUT2D eigenvalue weighted by Gasteiger charge is 2.26. The fourth-order valence-electron chi connectivity index (χ4n) is 4.40. The number of aromatic nitrogens is 1. The van der Waals surface area contributed by atoms with E-state index in [0.29, 0.717) is 18.4 Å². The molecule has 3 aromatic rings. The average Bonchev–Trinajstić information content (AvgIpc) is 2.80. The maximum atomic E-state index is 14.4. The van der Waals surface area contributed by atoms with E-state index in [1.165, 1.54) is 22.6 Å². The molecule has 0 aliphatic rings. The molecule has 1 aromatic heterocycles. The van der Waals surface area contributed by atoms with Gasteiger partial charge in [0, 0.05) is 31.4 Å². The van der Waals surface area contributed by atoms with Crippen molar-refractivity contribution >= 4 is 6.09 Å². The van der Waals surface area contributed by atoms with Gasteiger partial charge in [-0.2, -0.15) is 0 Å². The molecule has 0 spiro atoms. The quantitative estimate of drug-likeness (QED) is 0.420. The van der Waals surface area contributed by atoms with Crippen LogP contribution in [0.2, 0.25) is 0 Å². The van der Waals surface area contributed by atoms with Crippen LogP contribution in [0.1, 0.15) is 56.7 Å². The van der Waals surface area contributed by atoms with Crippen LogP contribution in [0.15, 0.2) is 71.7 Å². The van der Waals surface area contributed by atoms with E-state index in [-0.39, 0.29) is 23.6 Å². The van der Waals surface area contributed by atoms with Gasteiger partial charge in [-0.05, 0) is 56.2 Å². The molecule has 0 aliphatic heterocycles. The summed E-state index contributed by atoms with van der Waals surface area (Å²) in [6.45, 7) is 5.62. The standard InChI is InChI=1S/C28H33FN2O4/c1-19(20-10-12-22(13-11-20)24-16-26(32)30(4)18-25(24)29)31(27(33)34)15-14-23(17-28(2,3)35)21-8-6-5-7-9-21/h5-13,16,18-19,23,35H,14-15,17H2,1-4H3,(H,33,34)/t19-,23+/m0/s1. The van der Waals surface area contributed by atoms with E-state index in [9.17, 15) is 24.2 Å². The molecular formula is C28H33FN2O4. The second-order valence-electron chi connectivity index (χ2n) is 9.67. The van der Waals surface area contributed by atoms with Crippen molar-refractivity contribution in [3.63, 3.8) is 0 Å². The molecule has 2 N–H and O–H groups in total. The summed E-state index contributed by atoms with van der Waals surface area (Å²) in [4.78, 5) is 25.5. The van der Waals surface area contributed by atoms with E-state index in [2.05, 4.69) is 0 Å². The van der Waals surface area contributed by atoms with Crippen LogP contribution in [0, 0.1) is 5.82 Å². The highest BCUT2D eigenvalue weighted by atomic mass is 19.1. The van der Waals surface area contributed by atoms with Gasteiger partial charge in [-0.15, -0.1) is 0 Å². The Labute approximate surface area is 205 Å². The zero-order valence-corrected chi connectivity index (χ0v) is 20.6. The number of nitrogens with zero attached hydrogens (tertiary/aromatic N) is 2. The number of hydrogen-bond acceptors (Lipinski definition) is 3. The smallest absolute Gasteiger partial charge is 0.407 e. The molecule has 0 unspecified atom stereocenters. The molecule has 186 valence electrons. The molecule has 6 nitrogen and oxygen atoms in total. The summed E-state index contributed by atoms with van der Waals surface area (Å²) in [5.74, 6) is -0.505. The van der Waals surface area contributed by atoms with Gasteiger partial charge in [0.1, 0.15) is 5.82 Å². The Balaban J connectivity index is 1.79. The van der Waals surface area contributed by atoms with Crippen LogP contribution in [0.3, 0.4) is 0 Å². The third-order valence-corrected chi connectivity index (χ3v) is 6.33. The summed E-state index contributed by atoms with van der Waals surface area (Å²) in [5, 5.41) is 20.3. The van der Waals surface area contributed by atoms with Crippen molar-refractivity contribution in [1.82, 2.24) is 9.47 Å². The minimum atomic E-state index is -1.03. The van der Waals surface area contributed by atoms with E-state index in [0.717, 1.165) is 17.3 Å². The van der Waals surface area contributed by atoms with Crippen LogP contribution in [-0.2, 0) is 7.05 Å². The van der Waals surface area contributed by atoms with Gasteiger partial charge < -0.3 is 19.7 Å². The molecule has 0 bridgehead atoms. The summed E-state index contributed by atoms with van der Waals surface area (Å²) >= 11 is 0. The molecule has 0 radical (unpaired) electrons.